The standard InChI is InChI=1S/C17H27N3O3S/c1-11(2)14-7-6-8-15(12(3)4)16(14)18-17(21)19-24(22,23)13-9-20(5)10-13/h6-8,11-13H,9-10H2,1-5H3,(H2,18,19,21). The second-order valence-corrected chi connectivity index (χ2v) is 9.03. The van der Waals surface area contributed by atoms with Crippen LogP contribution in [0.15, 0.2) is 18.2 Å². The minimum absolute atomic E-state index is 0.218. The molecule has 1 aliphatic heterocycles. The summed E-state index contributed by atoms with van der Waals surface area (Å²) >= 11 is 0. The quantitative estimate of drug-likeness (QED) is 0.853. The highest BCUT2D eigenvalue weighted by atomic mass is 32.2. The number of hydrogen-bond donors (Lipinski definition) is 2. The molecule has 24 heavy (non-hydrogen) atoms. The highest BCUT2D eigenvalue weighted by Crippen LogP contribution is 2.32. The second kappa shape index (κ2) is 7.11. The number of anilines is 1. The Kier molecular flexibility index (Phi) is 5.55. The first-order valence-electron chi connectivity index (χ1n) is 8.25. The van der Waals surface area contributed by atoms with Crippen molar-refractivity contribution < 1.29 is 13.2 Å². The van der Waals surface area contributed by atoms with Crippen LogP contribution in [0, 0.1) is 0 Å². The molecular weight excluding hydrogens is 326 g/mol. The number of rotatable bonds is 5. The van der Waals surface area contributed by atoms with Crippen LogP contribution in [0.4, 0.5) is 10.5 Å². The number of urea groups is 1. The average Bonchev–Trinajstić information content (AvgIpc) is 2.42. The average molecular weight is 353 g/mol. The summed E-state index contributed by atoms with van der Waals surface area (Å²) in [5, 5.41) is 2.24. The fraction of sp³-hybridized carbons (Fsp3) is 0.588. The van der Waals surface area contributed by atoms with Crippen molar-refractivity contribution >= 4 is 21.7 Å². The summed E-state index contributed by atoms with van der Waals surface area (Å²) in [7, 11) is -1.80. The number of benzene rings is 1. The van der Waals surface area contributed by atoms with Crippen LogP contribution in [0.1, 0.15) is 50.7 Å². The van der Waals surface area contributed by atoms with Gasteiger partial charge in [0.25, 0.3) is 0 Å². The van der Waals surface area contributed by atoms with Crippen LogP contribution in [0.5, 0.6) is 0 Å². The molecule has 2 amide bonds. The van der Waals surface area contributed by atoms with Gasteiger partial charge in [0.15, 0.2) is 0 Å². The predicted molar refractivity (Wildman–Crippen MR) is 97.0 cm³/mol. The number of sulfonamides is 1. The highest BCUT2D eigenvalue weighted by molar-refractivity contribution is 7.90. The van der Waals surface area contributed by atoms with E-state index >= 15 is 0 Å². The maximum absolute atomic E-state index is 12.3. The Bertz CT molecular complexity index is 682. The lowest BCUT2D eigenvalue weighted by Gasteiger charge is -2.35. The zero-order valence-electron chi connectivity index (χ0n) is 15.0. The molecule has 0 atom stereocenters. The van der Waals surface area contributed by atoms with Gasteiger partial charge in [0, 0.05) is 18.8 Å². The fourth-order valence-corrected chi connectivity index (χ4v) is 4.26. The van der Waals surface area contributed by atoms with Gasteiger partial charge in [-0.3, -0.25) is 0 Å². The minimum Gasteiger partial charge on any atom is -0.307 e. The lowest BCUT2D eigenvalue weighted by Crippen LogP contribution is -2.57. The molecule has 0 aromatic heterocycles. The summed E-state index contributed by atoms with van der Waals surface area (Å²) < 4.78 is 26.6. The smallest absolute Gasteiger partial charge is 0.307 e. The Hall–Kier alpha value is -1.60. The van der Waals surface area contributed by atoms with Gasteiger partial charge in [-0.15, -0.1) is 0 Å². The molecule has 1 aromatic carbocycles. The molecule has 2 N–H and O–H groups in total. The number of hydrogen-bond acceptors (Lipinski definition) is 4. The molecule has 0 unspecified atom stereocenters. The van der Waals surface area contributed by atoms with E-state index in [-0.39, 0.29) is 11.8 Å². The van der Waals surface area contributed by atoms with Gasteiger partial charge in [-0.25, -0.2) is 17.9 Å². The van der Waals surface area contributed by atoms with Crippen LogP contribution in [-0.2, 0) is 10.0 Å². The first-order valence-corrected chi connectivity index (χ1v) is 9.80. The zero-order chi connectivity index (χ0) is 18.1. The van der Waals surface area contributed by atoms with Gasteiger partial charge in [-0.1, -0.05) is 45.9 Å². The Morgan fingerprint density at radius 1 is 1.12 bits per heavy atom. The topological polar surface area (TPSA) is 78.5 Å². The van der Waals surface area contributed by atoms with Gasteiger partial charge in [0.1, 0.15) is 5.25 Å². The molecule has 1 heterocycles. The van der Waals surface area contributed by atoms with Crippen molar-refractivity contribution in [3.63, 3.8) is 0 Å². The van der Waals surface area contributed by atoms with Gasteiger partial charge in [-0.05, 0) is 30.0 Å². The van der Waals surface area contributed by atoms with Gasteiger partial charge in [0.05, 0.1) is 0 Å². The van der Waals surface area contributed by atoms with E-state index in [2.05, 4.69) is 10.0 Å². The Balaban J connectivity index is 2.19. The number of carbonyl (C=O) groups excluding carboxylic acids is 1. The van der Waals surface area contributed by atoms with Gasteiger partial charge >= 0.3 is 6.03 Å². The first kappa shape index (κ1) is 18.7. The summed E-state index contributed by atoms with van der Waals surface area (Å²) in [4.78, 5) is 14.2. The van der Waals surface area contributed by atoms with E-state index in [0.29, 0.717) is 18.8 Å². The van der Waals surface area contributed by atoms with E-state index in [4.69, 9.17) is 0 Å². The molecule has 0 saturated carbocycles. The van der Waals surface area contributed by atoms with Crippen LogP contribution >= 0.6 is 0 Å². The molecule has 1 saturated heterocycles. The summed E-state index contributed by atoms with van der Waals surface area (Å²) in [6.07, 6.45) is 0. The van der Waals surface area contributed by atoms with E-state index < -0.39 is 21.3 Å². The largest absolute Gasteiger partial charge is 0.332 e. The SMILES string of the molecule is CC(C)c1cccc(C(C)C)c1NC(=O)NS(=O)(=O)C1CN(C)C1. The van der Waals surface area contributed by atoms with Crippen molar-refractivity contribution in [3.05, 3.63) is 29.3 Å². The van der Waals surface area contributed by atoms with Gasteiger partial charge in [0.2, 0.25) is 10.0 Å². The van der Waals surface area contributed by atoms with E-state index in [1.54, 1.807) is 0 Å². The molecule has 1 fully saturated rings. The summed E-state index contributed by atoms with van der Waals surface area (Å²) in [5.41, 5.74) is 2.70. The van der Waals surface area contributed by atoms with Crippen LogP contribution in [0.2, 0.25) is 0 Å². The maximum atomic E-state index is 12.3. The van der Waals surface area contributed by atoms with E-state index in [1.807, 2.05) is 57.8 Å². The van der Waals surface area contributed by atoms with E-state index in [0.717, 1.165) is 11.1 Å². The van der Waals surface area contributed by atoms with Crippen LogP contribution in [-0.4, -0.2) is 44.7 Å². The Morgan fingerprint density at radius 2 is 1.62 bits per heavy atom. The molecule has 1 aromatic rings. The fourth-order valence-electron chi connectivity index (χ4n) is 2.88. The number of amides is 2. The minimum atomic E-state index is -3.65. The van der Waals surface area contributed by atoms with Gasteiger partial charge < -0.3 is 10.2 Å². The molecule has 0 radical (unpaired) electrons. The summed E-state index contributed by atoms with van der Waals surface area (Å²) in [6.45, 7) is 9.07. The third-order valence-electron chi connectivity index (χ3n) is 4.32. The maximum Gasteiger partial charge on any atom is 0.332 e. The van der Waals surface area contributed by atoms with Crippen molar-refractivity contribution in [1.82, 2.24) is 9.62 Å². The molecule has 0 aliphatic carbocycles. The Morgan fingerprint density at radius 3 is 2.04 bits per heavy atom. The normalized spacial score (nSPS) is 16.3. The van der Waals surface area contributed by atoms with Crippen molar-refractivity contribution in [2.45, 2.75) is 44.8 Å². The number of nitrogens with zero attached hydrogens (tertiary/aromatic N) is 1. The third-order valence-corrected chi connectivity index (χ3v) is 5.96. The first-order chi connectivity index (χ1) is 11.1. The van der Waals surface area contributed by atoms with Crippen molar-refractivity contribution in [2.75, 3.05) is 25.5 Å². The van der Waals surface area contributed by atoms with Crippen molar-refractivity contribution in [1.29, 1.82) is 0 Å². The van der Waals surface area contributed by atoms with Crippen LogP contribution < -0.4 is 10.0 Å². The molecule has 134 valence electrons. The molecular formula is C17H27N3O3S. The van der Waals surface area contributed by atoms with Crippen LogP contribution in [0.25, 0.3) is 0 Å². The van der Waals surface area contributed by atoms with Crippen molar-refractivity contribution in [2.24, 2.45) is 0 Å². The molecule has 1 aliphatic rings. The van der Waals surface area contributed by atoms with Gasteiger partial charge in [-0.2, -0.15) is 0 Å². The molecule has 0 bridgehead atoms. The zero-order valence-corrected chi connectivity index (χ0v) is 15.8. The second-order valence-electron chi connectivity index (χ2n) is 7.07. The number of para-hydroxylation sites is 1. The molecule has 0 spiro atoms. The lowest BCUT2D eigenvalue weighted by molar-refractivity contribution is 0.229. The predicted octanol–water partition coefficient (Wildman–Crippen LogP) is 2.70. The molecule has 7 heteroatoms. The number of carbonyl (C=O) groups is 1. The number of likely N-dealkylation sites (tertiary alicyclic amines) is 1. The van der Waals surface area contributed by atoms with E-state index in [9.17, 15) is 13.2 Å². The monoisotopic (exact) mass is 353 g/mol. The van der Waals surface area contributed by atoms with Crippen molar-refractivity contribution in [3.8, 4) is 0 Å². The number of nitrogens with one attached hydrogen (secondary N) is 2. The van der Waals surface area contributed by atoms with E-state index in [1.165, 1.54) is 0 Å². The summed E-state index contributed by atoms with van der Waals surface area (Å²) in [6, 6.07) is 5.19. The summed E-state index contributed by atoms with van der Waals surface area (Å²) in [5.74, 6) is 0.437. The highest BCUT2D eigenvalue weighted by Gasteiger charge is 2.36. The third kappa shape index (κ3) is 4.08. The molecule has 2 rings (SSSR count). The van der Waals surface area contributed by atoms with Crippen LogP contribution in [0.3, 0.4) is 0 Å². The lowest BCUT2D eigenvalue weighted by atomic mass is 9.93. The Labute approximate surface area is 144 Å². The molecule has 6 nitrogen and oxygen atoms in total.